The van der Waals surface area contributed by atoms with Gasteiger partial charge in [0.25, 0.3) is 0 Å². The van der Waals surface area contributed by atoms with Crippen LogP contribution in [0.3, 0.4) is 0 Å². The number of nitrogens with zero attached hydrogens (tertiary/aromatic N) is 5. The highest BCUT2D eigenvalue weighted by Crippen LogP contribution is 2.29. The summed E-state index contributed by atoms with van der Waals surface area (Å²) in [5.41, 5.74) is 0.0567. The number of halogens is 4. The van der Waals surface area contributed by atoms with Gasteiger partial charge in [-0.3, -0.25) is 14.2 Å². The summed E-state index contributed by atoms with van der Waals surface area (Å²) in [6.45, 7) is 3.29. The highest BCUT2D eigenvalue weighted by Gasteiger charge is 2.35. The molecule has 2 aromatic heterocycles. The fraction of sp³-hybridized carbons (Fsp3) is 0.500. The molecular formula is C14H17BrF3N5O. The van der Waals surface area contributed by atoms with Gasteiger partial charge in [-0.1, -0.05) is 0 Å². The lowest BCUT2D eigenvalue weighted by atomic mass is 10.2. The summed E-state index contributed by atoms with van der Waals surface area (Å²) in [6, 6.07) is 0.0830. The zero-order valence-electron chi connectivity index (χ0n) is 13.6. The Morgan fingerprint density at radius 1 is 1.46 bits per heavy atom. The molecule has 0 fully saturated rings. The number of hydrogen-bond acceptors (Lipinski definition) is 3. The van der Waals surface area contributed by atoms with Crippen LogP contribution >= 0.6 is 15.9 Å². The molecule has 0 saturated carbocycles. The van der Waals surface area contributed by atoms with E-state index in [0.29, 0.717) is 0 Å². The van der Waals surface area contributed by atoms with Gasteiger partial charge in [-0.25, -0.2) is 0 Å². The van der Waals surface area contributed by atoms with Crippen LogP contribution in [0.4, 0.5) is 13.2 Å². The lowest BCUT2D eigenvalue weighted by Crippen LogP contribution is -2.34. The molecule has 0 radical (unpaired) electrons. The third-order valence-electron chi connectivity index (χ3n) is 3.71. The van der Waals surface area contributed by atoms with Crippen molar-refractivity contribution in [2.45, 2.75) is 32.6 Å². The van der Waals surface area contributed by atoms with Crippen LogP contribution in [0, 0.1) is 6.92 Å². The molecule has 0 saturated heterocycles. The molecule has 132 valence electrons. The van der Waals surface area contributed by atoms with Crippen LogP contribution in [0.1, 0.15) is 30.0 Å². The number of carbonyl (C=O) groups is 1. The summed E-state index contributed by atoms with van der Waals surface area (Å²) in [4.78, 5) is 14.0. The average molecular weight is 408 g/mol. The number of alkyl halides is 3. The molecule has 0 aliphatic rings. The van der Waals surface area contributed by atoms with Crippen molar-refractivity contribution in [1.29, 1.82) is 0 Å². The highest BCUT2D eigenvalue weighted by molar-refractivity contribution is 9.10. The van der Waals surface area contributed by atoms with Crippen molar-refractivity contribution in [2.24, 2.45) is 7.05 Å². The summed E-state index contributed by atoms with van der Waals surface area (Å²) in [6.07, 6.45) is -2.92. The molecule has 1 amide bonds. The van der Waals surface area contributed by atoms with E-state index in [2.05, 4.69) is 26.1 Å². The molecule has 10 heteroatoms. The van der Waals surface area contributed by atoms with Crippen molar-refractivity contribution < 1.29 is 18.0 Å². The quantitative estimate of drug-likeness (QED) is 0.782. The Bertz CT molecular complexity index is 733. The Hall–Kier alpha value is -1.84. The number of aryl methyl sites for hydroxylation is 2. The molecule has 6 nitrogen and oxygen atoms in total. The Labute approximate surface area is 145 Å². The Balaban J connectivity index is 2.19. The second-order valence-corrected chi connectivity index (χ2v) is 6.40. The Kier molecular flexibility index (Phi) is 5.07. The van der Waals surface area contributed by atoms with E-state index in [4.69, 9.17) is 0 Å². The van der Waals surface area contributed by atoms with Gasteiger partial charge in [0.2, 0.25) is 5.91 Å². The molecule has 0 N–H and O–H groups in total. The first-order valence-corrected chi connectivity index (χ1v) is 7.86. The number of carbonyl (C=O) groups excluding carboxylic acids is 1. The predicted octanol–water partition coefficient (Wildman–Crippen LogP) is 2.93. The number of rotatable bonds is 4. The van der Waals surface area contributed by atoms with Crippen LogP contribution in [0.15, 0.2) is 16.7 Å². The second-order valence-electron chi connectivity index (χ2n) is 5.55. The van der Waals surface area contributed by atoms with Crippen LogP contribution in [-0.4, -0.2) is 37.4 Å². The van der Waals surface area contributed by atoms with Gasteiger partial charge >= 0.3 is 6.18 Å². The SMILES string of the molecule is Cc1cc(C(F)(F)F)nn1C(C)C(=O)N(C)Cc1c(Br)cnn1C. The third-order valence-corrected chi connectivity index (χ3v) is 4.37. The first-order chi connectivity index (χ1) is 11.0. The van der Waals surface area contributed by atoms with Crippen molar-refractivity contribution in [1.82, 2.24) is 24.5 Å². The molecule has 0 aromatic carbocycles. The van der Waals surface area contributed by atoms with Crippen molar-refractivity contribution in [3.05, 3.63) is 33.8 Å². The molecule has 2 aromatic rings. The minimum absolute atomic E-state index is 0.271. The van der Waals surface area contributed by atoms with Gasteiger partial charge in [-0.15, -0.1) is 0 Å². The van der Waals surface area contributed by atoms with Crippen LogP contribution in [0.5, 0.6) is 0 Å². The number of amides is 1. The Morgan fingerprint density at radius 3 is 2.54 bits per heavy atom. The summed E-state index contributed by atoms with van der Waals surface area (Å²) in [5, 5.41) is 7.60. The van der Waals surface area contributed by atoms with Gasteiger partial charge in [0, 0.05) is 19.8 Å². The molecule has 24 heavy (non-hydrogen) atoms. The number of aromatic nitrogens is 4. The van der Waals surface area contributed by atoms with E-state index in [9.17, 15) is 18.0 Å². The molecule has 0 spiro atoms. The van der Waals surface area contributed by atoms with Crippen molar-refractivity contribution >= 4 is 21.8 Å². The largest absolute Gasteiger partial charge is 0.435 e. The summed E-state index contributed by atoms with van der Waals surface area (Å²) in [7, 11) is 3.33. The lowest BCUT2D eigenvalue weighted by molar-refractivity contribution is -0.142. The molecule has 1 unspecified atom stereocenters. The minimum Gasteiger partial charge on any atom is -0.338 e. The molecule has 0 bridgehead atoms. The molecule has 0 aliphatic carbocycles. The van der Waals surface area contributed by atoms with Gasteiger partial charge in [0.1, 0.15) is 6.04 Å². The smallest absolute Gasteiger partial charge is 0.338 e. The molecule has 0 aliphatic heterocycles. The molecular weight excluding hydrogens is 391 g/mol. The van der Waals surface area contributed by atoms with Crippen LogP contribution < -0.4 is 0 Å². The summed E-state index contributed by atoms with van der Waals surface area (Å²) < 4.78 is 41.8. The van der Waals surface area contributed by atoms with Crippen molar-refractivity contribution in [2.75, 3.05) is 7.05 Å². The fourth-order valence-corrected chi connectivity index (χ4v) is 2.83. The van der Waals surface area contributed by atoms with E-state index in [-0.39, 0.29) is 18.1 Å². The Morgan fingerprint density at radius 2 is 2.08 bits per heavy atom. The van der Waals surface area contributed by atoms with Gasteiger partial charge in [-0.2, -0.15) is 23.4 Å². The van der Waals surface area contributed by atoms with E-state index in [1.165, 1.54) is 18.7 Å². The first-order valence-electron chi connectivity index (χ1n) is 7.07. The van der Waals surface area contributed by atoms with E-state index in [1.54, 1.807) is 25.0 Å². The zero-order chi connectivity index (χ0) is 18.2. The zero-order valence-corrected chi connectivity index (χ0v) is 15.2. The molecule has 2 rings (SSSR count). The third kappa shape index (κ3) is 3.63. The number of hydrogen-bond donors (Lipinski definition) is 0. The maximum absolute atomic E-state index is 12.8. The minimum atomic E-state index is -4.54. The van der Waals surface area contributed by atoms with Gasteiger partial charge in [0.15, 0.2) is 5.69 Å². The van der Waals surface area contributed by atoms with Crippen LogP contribution in [-0.2, 0) is 24.6 Å². The highest BCUT2D eigenvalue weighted by atomic mass is 79.9. The maximum Gasteiger partial charge on any atom is 0.435 e. The maximum atomic E-state index is 12.8. The van der Waals surface area contributed by atoms with Gasteiger partial charge < -0.3 is 4.90 Å². The van der Waals surface area contributed by atoms with E-state index in [1.807, 2.05) is 0 Å². The molecule has 2 heterocycles. The normalized spacial score (nSPS) is 13.2. The lowest BCUT2D eigenvalue weighted by Gasteiger charge is -2.22. The standard InChI is InChI=1S/C14H17BrF3N5O/c1-8-5-12(14(16,17)18)20-23(8)9(2)13(24)21(3)7-11-10(15)6-19-22(11)4/h5-6,9H,7H2,1-4H3. The number of likely N-dealkylation sites (N-methyl/N-ethyl adjacent to an activating group) is 1. The molecule has 1 atom stereocenters. The van der Waals surface area contributed by atoms with E-state index >= 15 is 0 Å². The fourth-order valence-electron chi connectivity index (χ4n) is 2.36. The first kappa shape index (κ1) is 18.5. The van der Waals surface area contributed by atoms with Crippen LogP contribution in [0.25, 0.3) is 0 Å². The summed E-state index contributed by atoms with van der Waals surface area (Å²) in [5.74, 6) is -0.344. The van der Waals surface area contributed by atoms with E-state index < -0.39 is 17.9 Å². The second kappa shape index (κ2) is 6.58. The van der Waals surface area contributed by atoms with Crippen molar-refractivity contribution in [3.8, 4) is 0 Å². The van der Waals surface area contributed by atoms with Gasteiger partial charge in [0.05, 0.1) is 22.9 Å². The van der Waals surface area contributed by atoms with Crippen LogP contribution in [0.2, 0.25) is 0 Å². The average Bonchev–Trinajstić information content (AvgIpc) is 3.02. The monoisotopic (exact) mass is 407 g/mol. The van der Waals surface area contributed by atoms with Crippen molar-refractivity contribution in [3.63, 3.8) is 0 Å². The topological polar surface area (TPSA) is 56.0 Å². The van der Waals surface area contributed by atoms with Gasteiger partial charge in [-0.05, 0) is 35.8 Å². The van der Waals surface area contributed by atoms with E-state index in [0.717, 1.165) is 20.9 Å². The predicted molar refractivity (Wildman–Crippen MR) is 84.1 cm³/mol. The summed E-state index contributed by atoms with van der Waals surface area (Å²) >= 11 is 3.35.